The molecule has 6 rings (SSSR count). The van der Waals surface area contributed by atoms with Crippen molar-refractivity contribution >= 4 is 11.6 Å². The Balaban J connectivity index is 1.10. The Labute approximate surface area is 225 Å². The van der Waals surface area contributed by atoms with E-state index in [1.807, 2.05) is 41.3 Å². The summed E-state index contributed by atoms with van der Waals surface area (Å²) in [5.74, 6) is 0.725. The Morgan fingerprint density at radius 3 is 2.42 bits per heavy atom. The van der Waals surface area contributed by atoms with E-state index < -0.39 is 0 Å². The molecule has 2 aromatic carbocycles. The van der Waals surface area contributed by atoms with Gasteiger partial charge in [-0.05, 0) is 68.5 Å². The third kappa shape index (κ3) is 5.73. The minimum Gasteiger partial charge on any atom is -0.370 e. The lowest BCUT2D eigenvalue weighted by Gasteiger charge is -2.40. The van der Waals surface area contributed by atoms with Gasteiger partial charge in [-0.25, -0.2) is 14.6 Å². The Morgan fingerprint density at radius 1 is 0.842 bits per heavy atom. The zero-order valence-corrected chi connectivity index (χ0v) is 22.1. The van der Waals surface area contributed by atoms with E-state index in [1.54, 1.807) is 0 Å². The average molecular weight is 508 g/mol. The van der Waals surface area contributed by atoms with Gasteiger partial charge in [-0.3, -0.25) is 0 Å². The molecule has 2 fully saturated rings. The lowest BCUT2D eigenvalue weighted by atomic mass is 9.89. The first-order valence-electron chi connectivity index (χ1n) is 14.0. The van der Waals surface area contributed by atoms with Crippen molar-refractivity contribution in [1.29, 1.82) is 0 Å². The molecule has 2 aliphatic rings. The second kappa shape index (κ2) is 11.4. The number of aryl methyl sites for hydroxylation is 1. The molecule has 3 atom stereocenters. The van der Waals surface area contributed by atoms with Gasteiger partial charge in [0.2, 0.25) is 5.95 Å². The first kappa shape index (κ1) is 24.6. The molecule has 196 valence electrons. The molecule has 0 radical (unpaired) electrons. The van der Waals surface area contributed by atoms with Crippen LogP contribution in [0, 0.1) is 6.92 Å². The fourth-order valence-corrected chi connectivity index (χ4v) is 5.89. The smallest absolute Gasteiger partial charge is 0.223 e. The van der Waals surface area contributed by atoms with E-state index in [9.17, 15) is 0 Å². The number of hydrogen-bond donors (Lipinski definition) is 2. The van der Waals surface area contributed by atoms with Crippen molar-refractivity contribution in [2.24, 2.45) is 0 Å². The topological polar surface area (TPSA) is 70.9 Å². The standard InChI is InChI=1S/C31H37N7/c1-23-20-33-38(21-23)27-15-13-26(14-16-27)37-19-7-10-25(22-37)34-29-11-5-6-12-30(29)36-31-32-18-17-28(35-31)24-8-3-2-4-9-24/h2-4,8-9,13-18,20-21,25,29-30,34H,5-7,10-12,19,22H2,1H3,(H,32,35,36)/t25-,29+,30+/m0/s1. The minimum absolute atomic E-state index is 0.335. The molecule has 2 N–H and O–H groups in total. The minimum atomic E-state index is 0.335. The molecular formula is C31H37N7. The summed E-state index contributed by atoms with van der Waals surface area (Å²) in [5.41, 5.74) is 5.63. The highest BCUT2D eigenvalue weighted by atomic mass is 15.3. The molecule has 4 aromatic rings. The molecule has 0 amide bonds. The highest BCUT2D eigenvalue weighted by molar-refractivity contribution is 5.59. The van der Waals surface area contributed by atoms with Crippen molar-refractivity contribution in [1.82, 2.24) is 25.1 Å². The maximum atomic E-state index is 4.84. The second-order valence-electron chi connectivity index (χ2n) is 10.7. The van der Waals surface area contributed by atoms with Gasteiger partial charge in [-0.15, -0.1) is 0 Å². The number of aromatic nitrogens is 4. The van der Waals surface area contributed by atoms with Gasteiger partial charge in [0.05, 0.1) is 17.6 Å². The lowest BCUT2D eigenvalue weighted by molar-refractivity contribution is 0.293. The number of benzene rings is 2. The van der Waals surface area contributed by atoms with Gasteiger partial charge in [-0.1, -0.05) is 43.2 Å². The van der Waals surface area contributed by atoms with Crippen LogP contribution in [0.3, 0.4) is 0 Å². The molecule has 3 heterocycles. The van der Waals surface area contributed by atoms with Gasteiger partial charge in [-0.2, -0.15) is 5.10 Å². The highest BCUT2D eigenvalue weighted by Gasteiger charge is 2.29. The van der Waals surface area contributed by atoms with Crippen LogP contribution in [0.2, 0.25) is 0 Å². The number of anilines is 2. The first-order valence-corrected chi connectivity index (χ1v) is 14.0. The highest BCUT2D eigenvalue weighted by Crippen LogP contribution is 2.26. The average Bonchev–Trinajstić information content (AvgIpc) is 3.41. The Hall–Kier alpha value is -3.71. The van der Waals surface area contributed by atoms with Gasteiger partial charge in [0.25, 0.3) is 0 Å². The summed E-state index contributed by atoms with van der Waals surface area (Å²) in [4.78, 5) is 11.9. The van der Waals surface area contributed by atoms with E-state index in [1.165, 1.54) is 43.4 Å². The zero-order chi connectivity index (χ0) is 25.7. The Morgan fingerprint density at radius 2 is 1.63 bits per heavy atom. The van der Waals surface area contributed by atoms with Crippen molar-refractivity contribution in [3.8, 4) is 16.9 Å². The molecule has 7 nitrogen and oxygen atoms in total. The summed E-state index contributed by atoms with van der Waals surface area (Å²) in [6.45, 7) is 4.20. The van der Waals surface area contributed by atoms with Gasteiger partial charge < -0.3 is 15.5 Å². The number of nitrogens with zero attached hydrogens (tertiary/aromatic N) is 5. The van der Waals surface area contributed by atoms with E-state index >= 15 is 0 Å². The Kier molecular flexibility index (Phi) is 7.36. The van der Waals surface area contributed by atoms with E-state index in [0.717, 1.165) is 42.4 Å². The molecule has 0 spiro atoms. The van der Waals surface area contributed by atoms with E-state index in [0.29, 0.717) is 18.1 Å². The van der Waals surface area contributed by atoms with Crippen LogP contribution in [-0.2, 0) is 0 Å². The predicted molar refractivity (Wildman–Crippen MR) is 154 cm³/mol. The summed E-state index contributed by atoms with van der Waals surface area (Å²) in [6.07, 6.45) is 13.1. The summed E-state index contributed by atoms with van der Waals surface area (Å²) in [5, 5.41) is 12.2. The van der Waals surface area contributed by atoms with E-state index in [2.05, 4.69) is 75.1 Å². The largest absolute Gasteiger partial charge is 0.370 e. The molecule has 0 bridgehead atoms. The molecule has 2 aromatic heterocycles. The molecule has 1 aliphatic carbocycles. The van der Waals surface area contributed by atoms with Gasteiger partial charge in [0.15, 0.2) is 0 Å². The monoisotopic (exact) mass is 507 g/mol. The van der Waals surface area contributed by atoms with Crippen molar-refractivity contribution in [2.75, 3.05) is 23.3 Å². The van der Waals surface area contributed by atoms with Gasteiger partial charge in [0.1, 0.15) is 0 Å². The summed E-state index contributed by atoms with van der Waals surface area (Å²) in [6, 6.07) is 22.3. The first-order chi connectivity index (χ1) is 18.7. The number of hydrogen-bond acceptors (Lipinski definition) is 6. The van der Waals surface area contributed by atoms with Gasteiger partial charge >= 0.3 is 0 Å². The van der Waals surface area contributed by atoms with Crippen LogP contribution in [0.1, 0.15) is 44.1 Å². The number of rotatable bonds is 7. The van der Waals surface area contributed by atoms with Crippen molar-refractivity contribution in [3.05, 3.63) is 84.8 Å². The van der Waals surface area contributed by atoms with E-state index in [-0.39, 0.29) is 0 Å². The third-order valence-electron chi connectivity index (χ3n) is 7.87. The quantitative estimate of drug-likeness (QED) is 0.338. The zero-order valence-electron chi connectivity index (χ0n) is 22.1. The van der Waals surface area contributed by atoms with E-state index in [4.69, 9.17) is 4.98 Å². The van der Waals surface area contributed by atoms with Gasteiger partial charge in [0, 0.05) is 54.9 Å². The molecule has 1 saturated heterocycles. The van der Waals surface area contributed by atoms with Crippen molar-refractivity contribution in [2.45, 2.75) is 63.6 Å². The predicted octanol–water partition coefficient (Wildman–Crippen LogP) is 5.62. The summed E-state index contributed by atoms with van der Waals surface area (Å²) < 4.78 is 1.94. The number of nitrogens with one attached hydrogen (secondary N) is 2. The molecule has 0 unspecified atom stereocenters. The second-order valence-corrected chi connectivity index (χ2v) is 10.7. The maximum Gasteiger partial charge on any atom is 0.223 e. The molecule has 7 heteroatoms. The fourth-order valence-electron chi connectivity index (χ4n) is 5.89. The van der Waals surface area contributed by atoms with Crippen LogP contribution in [0.25, 0.3) is 16.9 Å². The van der Waals surface area contributed by atoms with Crippen LogP contribution in [-0.4, -0.2) is 51.0 Å². The van der Waals surface area contributed by atoms with Crippen LogP contribution >= 0.6 is 0 Å². The SMILES string of the molecule is Cc1cnn(-c2ccc(N3CCC[C@H](N[C@@H]4CCCC[C@H]4Nc4nccc(-c5ccccc5)n4)C3)cc2)c1. The Bertz CT molecular complexity index is 1320. The number of piperidine rings is 1. The van der Waals surface area contributed by atoms with Crippen molar-refractivity contribution < 1.29 is 0 Å². The van der Waals surface area contributed by atoms with Crippen molar-refractivity contribution in [3.63, 3.8) is 0 Å². The van der Waals surface area contributed by atoms with Crippen LogP contribution < -0.4 is 15.5 Å². The summed E-state index contributed by atoms with van der Waals surface area (Å²) in [7, 11) is 0. The lowest BCUT2D eigenvalue weighted by Crippen LogP contribution is -2.55. The fraction of sp³-hybridized carbons (Fsp3) is 0.387. The van der Waals surface area contributed by atoms with Crippen LogP contribution in [0.5, 0.6) is 0 Å². The maximum absolute atomic E-state index is 4.84. The third-order valence-corrected chi connectivity index (χ3v) is 7.87. The molecule has 1 aliphatic heterocycles. The summed E-state index contributed by atoms with van der Waals surface area (Å²) >= 11 is 0. The molecule has 1 saturated carbocycles. The van der Waals surface area contributed by atoms with Crippen LogP contribution in [0.4, 0.5) is 11.6 Å². The molecular weight excluding hydrogens is 470 g/mol. The van der Waals surface area contributed by atoms with Crippen LogP contribution in [0.15, 0.2) is 79.3 Å². The normalized spacial score (nSPS) is 21.8. The molecule has 38 heavy (non-hydrogen) atoms.